The summed E-state index contributed by atoms with van der Waals surface area (Å²) in [5, 5.41) is 44.9. The topological polar surface area (TPSA) is 118 Å². The quantitative estimate of drug-likeness (QED) is 0.461. The van der Waals surface area contributed by atoms with Crippen molar-refractivity contribution in [2.24, 2.45) is 0 Å². The van der Waals surface area contributed by atoms with Gasteiger partial charge in [-0.3, -0.25) is 0 Å². The summed E-state index contributed by atoms with van der Waals surface area (Å²) >= 11 is 0. The zero-order chi connectivity index (χ0) is 14.5. The third-order valence-corrected chi connectivity index (χ3v) is 3.90. The zero-order valence-corrected chi connectivity index (χ0v) is 11.0. The molecule has 19 heavy (non-hydrogen) atoms. The lowest BCUT2D eigenvalue weighted by Gasteiger charge is -2.32. The van der Waals surface area contributed by atoms with Crippen LogP contribution in [-0.4, -0.2) is 55.4 Å². The van der Waals surface area contributed by atoms with Crippen LogP contribution in [-0.2, 0) is 4.79 Å². The first kappa shape index (κ1) is 16.4. The number of hydrogen-bond donors (Lipinski definition) is 5. The summed E-state index contributed by atoms with van der Waals surface area (Å²) in [6.07, 6.45) is 3.70. The molecular weight excluding hydrogens is 252 g/mol. The Morgan fingerprint density at radius 2 is 1.37 bits per heavy atom. The second-order valence-electron chi connectivity index (χ2n) is 5.41. The smallest absolute Gasteiger partial charge is 0.338 e. The molecule has 5 N–H and O–H groups in total. The molecule has 6 heteroatoms. The molecule has 6 nitrogen and oxygen atoms in total. The van der Waals surface area contributed by atoms with E-state index >= 15 is 0 Å². The summed E-state index contributed by atoms with van der Waals surface area (Å²) in [7, 11) is 0. The molecule has 0 aliphatic heterocycles. The average Bonchev–Trinajstić information content (AvgIpc) is 2.37. The number of rotatable bonds is 1. The molecule has 0 bridgehead atoms. The van der Waals surface area contributed by atoms with Crippen LogP contribution in [0, 0.1) is 0 Å². The van der Waals surface area contributed by atoms with Crippen LogP contribution >= 0.6 is 0 Å². The van der Waals surface area contributed by atoms with Crippen LogP contribution in [0.5, 0.6) is 0 Å². The van der Waals surface area contributed by atoms with Crippen LogP contribution < -0.4 is 0 Å². The minimum absolute atomic E-state index is 0.156. The molecule has 0 aromatic rings. The lowest BCUT2D eigenvalue weighted by atomic mass is 9.82. The van der Waals surface area contributed by atoms with E-state index in [1.54, 1.807) is 0 Å². The van der Waals surface area contributed by atoms with E-state index in [0.29, 0.717) is 12.8 Å². The molecule has 2 fully saturated rings. The van der Waals surface area contributed by atoms with Crippen LogP contribution in [0.15, 0.2) is 0 Å². The van der Waals surface area contributed by atoms with Gasteiger partial charge in [-0.1, -0.05) is 19.3 Å². The molecular formula is C13H24O6. The molecule has 0 aromatic carbocycles. The van der Waals surface area contributed by atoms with Crippen LogP contribution in [0.2, 0.25) is 0 Å². The highest BCUT2D eigenvalue weighted by Gasteiger charge is 2.44. The second kappa shape index (κ2) is 7.19. The van der Waals surface area contributed by atoms with Crippen molar-refractivity contribution in [1.82, 2.24) is 0 Å². The monoisotopic (exact) mass is 276 g/mol. The van der Waals surface area contributed by atoms with Crippen molar-refractivity contribution in [3.63, 3.8) is 0 Å². The maximum absolute atomic E-state index is 10.5. The van der Waals surface area contributed by atoms with Gasteiger partial charge in [0.2, 0.25) is 0 Å². The van der Waals surface area contributed by atoms with Crippen molar-refractivity contribution in [3.05, 3.63) is 0 Å². The molecule has 2 aliphatic carbocycles. The Bertz CT molecular complexity index is 285. The molecule has 2 rings (SSSR count). The van der Waals surface area contributed by atoms with Gasteiger partial charge in [0.25, 0.3) is 0 Å². The van der Waals surface area contributed by atoms with E-state index < -0.39 is 29.9 Å². The predicted octanol–water partition coefficient (Wildman–Crippen LogP) is 0.0192. The summed E-state index contributed by atoms with van der Waals surface area (Å²) in [5.74, 6) is -1.32. The Kier molecular flexibility index (Phi) is 6.19. The molecule has 0 heterocycles. The van der Waals surface area contributed by atoms with E-state index in [1.807, 2.05) is 0 Å². The number of aliphatic carboxylic acids is 1. The summed E-state index contributed by atoms with van der Waals surface area (Å²) in [6.45, 7) is 0. The molecule has 0 aromatic heterocycles. The van der Waals surface area contributed by atoms with Gasteiger partial charge in [-0.25, -0.2) is 4.79 Å². The second-order valence-corrected chi connectivity index (χ2v) is 5.41. The fourth-order valence-corrected chi connectivity index (χ4v) is 2.48. The average molecular weight is 276 g/mol. The Labute approximate surface area is 112 Å². The summed E-state index contributed by atoms with van der Waals surface area (Å²) < 4.78 is 0. The summed E-state index contributed by atoms with van der Waals surface area (Å²) in [4.78, 5) is 10.5. The van der Waals surface area contributed by atoms with Crippen molar-refractivity contribution in [2.75, 3.05) is 0 Å². The molecule has 0 amide bonds. The number of carboxylic acids is 1. The number of carboxylic acid groups (broad SMARTS) is 1. The maximum atomic E-state index is 10.5. The first-order valence-corrected chi connectivity index (χ1v) is 6.88. The third-order valence-electron chi connectivity index (χ3n) is 3.90. The highest BCUT2D eigenvalue weighted by molar-refractivity contribution is 5.78. The van der Waals surface area contributed by atoms with Gasteiger partial charge in [0.05, 0.1) is 18.3 Å². The minimum Gasteiger partial charge on any atom is -0.479 e. The van der Waals surface area contributed by atoms with E-state index in [0.717, 1.165) is 32.1 Å². The Hall–Kier alpha value is -0.690. The van der Waals surface area contributed by atoms with E-state index in [9.17, 15) is 9.90 Å². The first-order valence-electron chi connectivity index (χ1n) is 6.88. The molecule has 0 radical (unpaired) electrons. The normalized spacial score (nSPS) is 39.1. The van der Waals surface area contributed by atoms with Crippen molar-refractivity contribution >= 4 is 5.97 Å². The zero-order valence-electron chi connectivity index (χ0n) is 11.0. The maximum Gasteiger partial charge on any atom is 0.338 e. The molecule has 0 spiro atoms. The van der Waals surface area contributed by atoms with E-state index in [2.05, 4.69) is 0 Å². The van der Waals surface area contributed by atoms with Crippen LogP contribution in [0.1, 0.15) is 51.4 Å². The van der Waals surface area contributed by atoms with Gasteiger partial charge in [0, 0.05) is 0 Å². The Balaban J connectivity index is 0.000000200. The van der Waals surface area contributed by atoms with Crippen LogP contribution in [0.25, 0.3) is 0 Å². The molecule has 2 aliphatic rings. The van der Waals surface area contributed by atoms with Crippen molar-refractivity contribution < 1.29 is 30.3 Å². The lowest BCUT2D eigenvalue weighted by molar-refractivity contribution is -0.177. The Morgan fingerprint density at radius 3 is 1.68 bits per heavy atom. The third kappa shape index (κ3) is 4.42. The minimum atomic E-state index is -1.89. The SMILES string of the molecule is O=C(O)C1(O)CCCCC1O.O[C@@H]1CCCC[C@@H]1O. The number of hydrogen-bond acceptors (Lipinski definition) is 5. The van der Waals surface area contributed by atoms with E-state index in [1.165, 1.54) is 0 Å². The fraction of sp³-hybridized carbons (Fsp3) is 0.923. The van der Waals surface area contributed by atoms with Gasteiger partial charge in [-0.05, 0) is 32.1 Å². The molecule has 2 saturated carbocycles. The molecule has 0 saturated heterocycles. The highest BCUT2D eigenvalue weighted by Crippen LogP contribution is 2.28. The van der Waals surface area contributed by atoms with Crippen molar-refractivity contribution in [1.29, 1.82) is 0 Å². The van der Waals surface area contributed by atoms with Gasteiger partial charge < -0.3 is 25.5 Å². The number of aliphatic hydroxyl groups is 4. The van der Waals surface area contributed by atoms with Gasteiger partial charge >= 0.3 is 5.97 Å². The summed E-state index contributed by atoms with van der Waals surface area (Å²) in [6, 6.07) is 0. The van der Waals surface area contributed by atoms with Crippen molar-refractivity contribution in [2.45, 2.75) is 75.3 Å². The predicted molar refractivity (Wildman–Crippen MR) is 67.5 cm³/mol. The lowest BCUT2D eigenvalue weighted by Crippen LogP contribution is -2.51. The Morgan fingerprint density at radius 1 is 0.895 bits per heavy atom. The highest BCUT2D eigenvalue weighted by atomic mass is 16.4. The fourth-order valence-electron chi connectivity index (χ4n) is 2.48. The van der Waals surface area contributed by atoms with Gasteiger partial charge in [0.1, 0.15) is 0 Å². The number of carbonyl (C=O) groups is 1. The van der Waals surface area contributed by atoms with E-state index in [4.69, 9.17) is 20.4 Å². The van der Waals surface area contributed by atoms with E-state index in [-0.39, 0.29) is 6.42 Å². The van der Waals surface area contributed by atoms with Crippen LogP contribution in [0.4, 0.5) is 0 Å². The van der Waals surface area contributed by atoms with Gasteiger partial charge in [-0.15, -0.1) is 0 Å². The first-order chi connectivity index (χ1) is 8.88. The largest absolute Gasteiger partial charge is 0.479 e. The van der Waals surface area contributed by atoms with Crippen LogP contribution in [0.3, 0.4) is 0 Å². The van der Waals surface area contributed by atoms with Gasteiger partial charge in [-0.2, -0.15) is 0 Å². The standard InChI is InChI=1S/C7H12O4.C6H12O2/c8-5-3-1-2-4-7(5,11)6(9)10;7-5-3-1-2-4-6(5)8/h5,8,11H,1-4H2,(H,9,10);5-8H,1-4H2/t;5-,6+. The summed E-state index contributed by atoms with van der Waals surface area (Å²) in [5.41, 5.74) is -1.89. The molecule has 4 atom stereocenters. The molecule has 112 valence electrons. The van der Waals surface area contributed by atoms with Gasteiger partial charge in [0.15, 0.2) is 5.60 Å². The molecule has 2 unspecified atom stereocenters. The number of aliphatic hydroxyl groups excluding tert-OH is 3. The van der Waals surface area contributed by atoms with Crippen molar-refractivity contribution in [3.8, 4) is 0 Å².